The van der Waals surface area contributed by atoms with E-state index in [2.05, 4.69) is 257 Å². The summed E-state index contributed by atoms with van der Waals surface area (Å²) in [4.78, 5) is 14.8. The molecule has 14 aromatic carbocycles. The summed E-state index contributed by atoms with van der Waals surface area (Å²) < 4.78 is 48.8. The predicted octanol–water partition coefficient (Wildman–Crippen LogP) is 22.0. The molecule has 0 spiro atoms. The molecule has 5 nitrogen and oxygen atoms in total. The van der Waals surface area contributed by atoms with Crippen molar-refractivity contribution in [2.45, 2.75) is 6.18 Å². The molecule has 0 unspecified atom stereocenters. The quantitative estimate of drug-likeness (QED) is 0.121. The van der Waals surface area contributed by atoms with Gasteiger partial charge in [-0.15, -0.1) is 0 Å². The molecular weight excluding hydrogens is 1210 g/mol. The normalized spacial score (nSPS) is 12.4. The number of hydrogen-bond acceptors (Lipinski definition) is 4. The van der Waals surface area contributed by atoms with E-state index >= 15 is 13.2 Å². The van der Waals surface area contributed by atoms with Crippen LogP contribution >= 0.6 is 0 Å². The van der Waals surface area contributed by atoms with E-state index in [-0.39, 0.29) is 18.1 Å². The third-order valence-corrected chi connectivity index (χ3v) is 19.4. The number of hydrogen-bond donors (Lipinski definition) is 0. The molecule has 0 amide bonds. The van der Waals surface area contributed by atoms with Crippen molar-refractivity contribution in [2.24, 2.45) is 0 Å². The Balaban J connectivity index is 0.868. The van der Waals surface area contributed by atoms with Crippen LogP contribution in [0.1, 0.15) is 5.56 Å². The number of fused-ring (bicyclic) bond motifs is 7. The lowest BCUT2D eigenvalue weighted by molar-refractivity contribution is -0.137. The summed E-state index contributed by atoms with van der Waals surface area (Å²) >= 11 is 0. The number of rotatable bonds is 11. The maximum absolute atomic E-state index is 15.6. The van der Waals surface area contributed by atoms with Crippen LogP contribution in [0.4, 0.5) is 47.3 Å². The van der Waals surface area contributed by atoms with Crippen LogP contribution in [-0.2, 0) is 6.18 Å². The summed E-state index contributed by atoms with van der Waals surface area (Å²) in [6, 6.07) is 119. The van der Waals surface area contributed by atoms with Gasteiger partial charge in [0.25, 0.3) is 6.71 Å². The minimum Gasteiger partial charge on any atom is -0.311 e. The molecule has 18 rings (SSSR count). The predicted molar refractivity (Wildman–Crippen MR) is 399 cm³/mol. The largest absolute Gasteiger partial charge is 0.417 e. The highest BCUT2D eigenvalue weighted by molar-refractivity contribution is 7.00. The van der Waals surface area contributed by atoms with E-state index < -0.39 is 11.7 Å². The molecule has 462 valence electrons. The standard InChI is InChI=1S/C89H57BF3N5/c91-89(92,93)76-47-46-72(56-75(76)88-94-79(64-29-15-5-16-30-64)57-80(95-88)65-31-17-6-18-32-65)98-81-34-20-19-33-73(81)74-51-66(39-48-82(74)98)69-54-85-87-86(55-69)97(71-44-37-63(38-45-71)59-23-9-2-10-24-59)84-50-41-68(61-27-13-4-14-28-61)53-78(84)90(87)77-52-67(60-25-11-3-12-26-60)40-49-83(77)96(85)70-42-35-62(36-43-70)58-21-7-1-8-22-58/h1-57H. The van der Waals surface area contributed by atoms with Crippen molar-refractivity contribution in [1.82, 2.24) is 14.5 Å². The molecule has 0 atom stereocenters. The van der Waals surface area contributed by atoms with E-state index in [4.69, 9.17) is 9.97 Å². The summed E-state index contributed by atoms with van der Waals surface area (Å²) in [5.41, 5.74) is 24.7. The Morgan fingerprint density at radius 2 is 0.653 bits per heavy atom. The molecule has 0 N–H and O–H groups in total. The van der Waals surface area contributed by atoms with Gasteiger partial charge < -0.3 is 14.4 Å². The van der Waals surface area contributed by atoms with Crippen LogP contribution in [0.3, 0.4) is 0 Å². The van der Waals surface area contributed by atoms with Gasteiger partial charge in [-0.05, 0) is 163 Å². The van der Waals surface area contributed by atoms with Crippen LogP contribution in [0, 0.1) is 0 Å². The summed E-state index contributed by atoms with van der Waals surface area (Å²) in [6.45, 7) is -0.212. The molecule has 9 heteroatoms. The molecular formula is C89H57BF3N5. The summed E-state index contributed by atoms with van der Waals surface area (Å²) in [5.74, 6) is -0.0260. The van der Waals surface area contributed by atoms with Crippen molar-refractivity contribution < 1.29 is 13.2 Å². The fourth-order valence-corrected chi connectivity index (χ4v) is 14.8. The summed E-state index contributed by atoms with van der Waals surface area (Å²) in [6.07, 6.45) is -4.72. The first-order valence-corrected chi connectivity index (χ1v) is 33.0. The van der Waals surface area contributed by atoms with Crippen LogP contribution < -0.4 is 26.2 Å². The lowest BCUT2D eigenvalue weighted by atomic mass is 9.33. The average molecular weight is 1260 g/mol. The van der Waals surface area contributed by atoms with E-state index in [0.29, 0.717) is 17.1 Å². The van der Waals surface area contributed by atoms with Gasteiger partial charge >= 0.3 is 6.18 Å². The molecule has 0 saturated heterocycles. The van der Waals surface area contributed by atoms with Gasteiger partial charge in [-0.1, -0.05) is 255 Å². The van der Waals surface area contributed by atoms with Crippen molar-refractivity contribution >= 4 is 79.0 Å². The maximum atomic E-state index is 15.6. The minimum atomic E-state index is -4.72. The fraction of sp³-hybridized carbons (Fsp3) is 0.0112. The monoisotopic (exact) mass is 1260 g/mol. The molecule has 0 radical (unpaired) electrons. The molecule has 2 aliphatic heterocycles. The Morgan fingerprint density at radius 1 is 0.276 bits per heavy atom. The Morgan fingerprint density at radius 3 is 1.12 bits per heavy atom. The lowest BCUT2D eigenvalue weighted by Gasteiger charge is -2.44. The number of alkyl halides is 3. The van der Waals surface area contributed by atoms with Crippen LogP contribution in [0.2, 0.25) is 0 Å². The molecule has 98 heavy (non-hydrogen) atoms. The second-order valence-corrected chi connectivity index (χ2v) is 25.1. The number of aromatic nitrogens is 3. The topological polar surface area (TPSA) is 37.2 Å². The van der Waals surface area contributed by atoms with Gasteiger partial charge in [0.05, 0.1) is 28.0 Å². The second-order valence-electron chi connectivity index (χ2n) is 25.1. The first-order chi connectivity index (χ1) is 48.2. The van der Waals surface area contributed by atoms with E-state index in [0.717, 1.165) is 123 Å². The van der Waals surface area contributed by atoms with Crippen LogP contribution in [0.5, 0.6) is 0 Å². The van der Waals surface area contributed by atoms with Gasteiger partial charge in [0.15, 0.2) is 5.82 Å². The molecule has 16 aromatic rings. The van der Waals surface area contributed by atoms with Crippen LogP contribution in [0.25, 0.3) is 117 Å². The second kappa shape index (κ2) is 23.7. The molecule has 0 saturated carbocycles. The molecule has 0 bridgehead atoms. The third-order valence-electron chi connectivity index (χ3n) is 19.4. The van der Waals surface area contributed by atoms with Crippen molar-refractivity contribution in [3.8, 4) is 95.2 Å². The van der Waals surface area contributed by atoms with Crippen molar-refractivity contribution in [1.29, 1.82) is 0 Å². The van der Waals surface area contributed by atoms with Crippen molar-refractivity contribution in [2.75, 3.05) is 9.80 Å². The summed E-state index contributed by atoms with van der Waals surface area (Å²) in [7, 11) is 0. The number of para-hydroxylation sites is 1. The average Bonchev–Trinajstić information content (AvgIpc) is 0.797. The van der Waals surface area contributed by atoms with Gasteiger partial charge in [0.1, 0.15) is 0 Å². The Hall–Kier alpha value is -12.6. The van der Waals surface area contributed by atoms with E-state index in [9.17, 15) is 0 Å². The zero-order valence-corrected chi connectivity index (χ0v) is 52.9. The number of nitrogens with zero attached hydrogens (tertiary/aromatic N) is 5. The molecule has 4 heterocycles. The molecule has 2 aromatic heterocycles. The van der Waals surface area contributed by atoms with E-state index in [1.54, 1.807) is 12.1 Å². The zero-order valence-electron chi connectivity index (χ0n) is 52.9. The van der Waals surface area contributed by atoms with Gasteiger partial charge in [0, 0.05) is 67.3 Å². The fourth-order valence-electron chi connectivity index (χ4n) is 14.8. The molecule has 0 aliphatic carbocycles. The maximum Gasteiger partial charge on any atom is 0.417 e. The lowest BCUT2D eigenvalue weighted by Crippen LogP contribution is -2.61. The number of benzene rings is 14. The Kier molecular flexibility index (Phi) is 14.0. The first kappa shape index (κ1) is 58.0. The smallest absolute Gasteiger partial charge is 0.311 e. The number of halogens is 3. The molecule has 2 aliphatic rings. The number of anilines is 6. The molecule has 0 fully saturated rings. The van der Waals surface area contributed by atoms with Gasteiger partial charge in [0.2, 0.25) is 0 Å². The zero-order chi connectivity index (χ0) is 65.4. The first-order valence-electron chi connectivity index (χ1n) is 33.0. The highest BCUT2D eigenvalue weighted by Gasteiger charge is 2.44. The Bertz CT molecular complexity index is 5460. The summed E-state index contributed by atoms with van der Waals surface area (Å²) in [5, 5.41) is 1.89. The van der Waals surface area contributed by atoms with Crippen molar-refractivity contribution in [3.05, 3.63) is 351 Å². The van der Waals surface area contributed by atoms with E-state index in [1.807, 2.05) is 84.9 Å². The highest BCUT2D eigenvalue weighted by atomic mass is 19.4. The van der Waals surface area contributed by atoms with Gasteiger partial charge in [-0.3, -0.25) is 0 Å². The third kappa shape index (κ3) is 10.1. The van der Waals surface area contributed by atoms with Gasteiger partial charge in [-0.25, -0.2) is 9.97 Å². The SMILES string of the molecule is FC(F)(F)c1ccc(-n2c3ccccc3c3cc(-c4cc5c6c(c4)N(c4ccc(-c7ccccc7)cc4)c4ccc(-c7ccccc7)cc4B6c4cc(-c6ccccc6)ccc4N5c4ccc(-c5ccccc5)cc4)ccc32)cc1-c1nc(-c2ccccc2)cc(-c2ccccc2)n1. The van der Waals surface area contributed by atoms with Crippen LogP contribution in [0.15, 0.2) is 346 Å². The highest BCUT2D eigenvalue weighted by Crippen LogP contribution is 2.49. The van der Waals surface area contributed by atoms with Crippen molar-refractivity contribution in [3.63, 3.8) is 0 Å². The Labute approximate surface area is 566 Å². The van der Waals surface area contributed by atoms with Crippen LogP contribution in [-0.4, -0.2) is 21.2 Å². The van der Waals surface area contributed by atoms with E-state index in [1.165, 1.54) is 22.5 Å². The minimum absolute atomic E-state index is 0.0260. The van der Waals surface area contributed by atoms with Gasteiger partial charge in [-0.2, -0.15) is 13.2 Å².